The van der Waals surface area contributed by atoms with Crippen molar-refractivity contribution in [1.82, 2.24) is 0 Å². The highest BCUT2D eigenvalue weighted by Crippen LogP contribution is 2.66. The maximum absolute atomic E-state index is 11.8. The molecule has 0 saturated heterocycles. The van der Waals surface area contributed by atoms with Crippen molar-refractivity contribution < 1.29 is 4.79 Å². The van der Waals surface area contributed by atoms with Gasteiger partial charge >= 0.3 is 0 Å². The van der Waals surface area contributed by atoms with Gasteiger partial charge in [-0.3, -0.25) is 4.79 Å². The van der Waals surface area contributed by atoms with Crippen LogP contribution in [0.25, 0.3) is 0 Å². The average Bonchev–Trinajstić information content (AvgIpc) is 2.85. The number of nitrogens with two attached hydrogens (primary N) is 1. The molecule has 2 heteroatoms. The zero-order valence-corrected chi connectivity index (χ0v) is 14.8. The SMILES string of the molecule is CC(N)C1CCC2C3CCC4=CC(=O)C=CC4(C)C3CCC12C. The van der Waals surface area contributed by atoms with Crippen molar-refractivity contribution >= 4 is 5.78 Å². The van der Waals surface area contributed by atoms with Gasteiger partial charge in [-0.05, 0) is 86.7 Å². The fourth-order valence-electron chi connectivity index (χ4n) is 7.10. The number of fused-ring (bicyclic) bond motifs is 5. The Morgan fingerprint density at radius 3 is 2.70 bits per heavy atom. The highest BCUT2D eigenvalue weighted by atomic mass is 16.1. The second-order valence-corrected chi connectivity index (χ2v) is 9.19. The van der Waals surface area contributed by atoms with E-state index in [0.717, 1.165) is 24.2 Å². The predicted molar refractivity (Wildman–Crippen MR) is 93.8 cm³/mol. The molecule has 126 valence electrons. The van der Waals surface area contributed by atoms with Crippen molar-refractivity contribution in [3.63, 3.8) is 0 Å². The van der Waals surface area contributed by atoms with Gasteiger partial charge in [0.15, 0.2) is 5.78 Å². The summed E-state index contributed by atoms with van der Waals surface area (Å²) in [6.45, 7) is 7.13. The molecular formula is C21H31NO. The van der Waals surface area contributed by atoms with Gasteiger partial charge in [0.2, 0.25) is 0 Å². The lowest BCUT2D eigenvalue weighted by atomic mass is 9.47. The summed E-state index contributed by atoms with van der Waals surface area (Å²) in [4.78, 5) is 11.8. The Hall–Kier alpha value is -0.890. The van der Waals surface area contributed by atoms with Gasteiger partial charge < -0.3 is 5.73 Å². The molecule has 7 atom stereocenters. The normalized spacial score (nSPS) is 49.9. The standard InChI is InChI=1S/C21H31NO/c1-13(22)17-6-7-18-16-5-4-14-12-15(23)8-10-20(14,2)19(16)9-11-21(17,18)3/h8,10,12-13,16-19H,4-7,9,11,22H2,1-3H3. The summed E-state index contributed by atoms with van der Waals surface area (Å²) in [5.74, 6) is 3.26. The van der Waals surface area contributed by atoms with Crippen molar-refractivity contribution in [1.29, 1.82) is 0 Å². The van der Waals surface area contributed by atoms with Crippen LogP contribution < -0.4 is 5.73 Å². The molecule has 3 fully saturated rings. The highest BCUT2D eigenvalue weighted by Gasteiger charge is 2.58. The maximum Gasteiger partial charge on any atom is 0.178 e. The van der Waals surface area contributed by atoms with E-state index in [1.165, 1.54) is 37.7 Å². The molecule has 0 aromatic heterocycles. The van der Waals surface area contributed by atoms with Crippen molar-refractivity contribution in [2.24, 2.45) is 40.2 Å². The fraction of sp³-hybridized carbons (Fsp3) is 0.762. The lowest BCUT2D eigenvalue weighted by Gasteiger charge is -2.57. The van der Waals surface area contributed by atoms with Gasteiger partial charge in [0.1, 0.15) is 0 Å². The third kappa shape index (κ3) is 2.06. The Labute approximate surface area is 140 Å². The molecule has 0 spiro atoms. The zero-order valence-electron chi connectivity index (χ0n) is 14.8. The van der Waals surface area contributed by atoms with Gasteiger partial charge in [-0.2, -0.15) is 0 Å². The van der Waals surface area contributed by atoms with E-state index in [4.69, 9.17) is 5.73 Å². The van der Waals surface area contributed by atoms with E-state index in [2.05, 4.69) is 26.8 Å². The van der Waals surface area contributed by atoms with Gasteiger partial charge in [-0.25, -0.2) is 0 Å². The minimum atomic E-state index is 0.130. The largest absolute Gasteiger partial charge is 0.328 e. The number of allylic oxidation sites excluding steroid dienone is 4. The molecule has 3 saturated carbocycles. The number of carbonyl (C=O) groups excluding carboxylic acids is 1. The first-order valence-corrected chi connectivity index (χ1v) is 9.56. The molecule has 0 amide bonds. The van der Waals surface area contributed by atoms with E-state index >= 15 is 0 Å². The fourth-order valence-corrected chi connectivity index (χ4v) is 7.10. The number of hydrogen-bond donors (Lipinski definition) is 1. The summed E-state index contributed by atoms with van der Waals surface area (Å²) < 4.78 is 0. The monoisotopic (exact) mass is 313 g/mol. The van der Waals surface area contributed by atoms with Gasteiger partial charge in [0.05, 0.1) is 0 Å². The van der Waals surface area contributed by atoms with Gasteiger partial charge in [0, 0.05) is 11.5 Å². The van der Waals surface area contributed by atoms with Crippen LogP contribution in [0.15, 0.2) is 23.8 Å². The van der Waals surface area contributed by atoms with Crippen LogP contribution in [0.3, 0.4) is 0 Å². The molecule has 2 nitrogen and oxygen atoms in total. The van der Waals surface area contributed by atoms with E-state index in [-0.39, 0.29) is 11.2 Å². The summed E-state index contributed by atoms with van der Waals surface area (Å²) in [6.07, 6.45) is 13.7. The van der Waals surface area contributed by atoms with Crippen molar-refractivity contribution in [2.45, 2.75) is 65.3 Å². The second-order valence-electron chi connectivity index (χ2n) is 9.19. The molecule has 0 aromatic carbocycles. The summed E-state index contributed by atoms with van der Waals surface area (Å²) >= 11 is 0. The first-order chi connectivity index (χ1) is 10.9. The minimum Gasteiger partial charge on any atom is -0.328 e. The molecule has 0 heterocycles. The quantitative estimate of drug-likeness (QED) is 0.786. The summed E-state index contributed by atoms with van der Waals surface area (Å²) in [7, 11) is 0. The molecule has 23 heavy (non-hydrogen) atoms. The van der Waals surface area contributed by atoms with Gasteiger partial charge in [-0.15, -0.1) is 0 Å². The molecule has 4 rings (SSSR count). The van der Waals surface area contributed by atoms with Crippen LogP contribution in [0.5, 0.6) is 0 Å². The van der Waals surface area contributed by atoms with Crippen LogP contribution in [0, 0.1) is 34.5 Å². The minimum absolute atomic E-state index is 0.130. The Kier molecular flexibility index (Phi) is 3.43. The zero-order chi connectivity index (χ0) is 16.4. The molecule has 7 unspecified atom stereocenters. The molecule has 4 aliphatic rings. The van der Waals surface area contributed by atoms with Crippen LogP contribution in [0.4, 0.5) is 0 Å². The van der Waals surface area contributed by atoms with E-state index < -0.39 is 0 Å². The lowest BCUT2D eigenvalue weighted by molar-refractivity contribution is -0.111. The Bertz CT molecular complexity index is 589. The van der Waals surface area contributed by atoms with Crippen LogP contribution >= 0.6 is 0 Å². The van der Waals surface area contributed by atoms with Crippen LogP contribution in [0.1, 0.15) is 59.3 Å². The number of rotatable bonds is 1. The smallest absolute Gasteiger partial charge is 0.178 e. The molecular weight excluding hydrogens is 282 g/mol. The number of hydrogen-bond acceptors (Lipinski definition) is 2. The summed E-state index contributed by atoms with van der Waals surface area (Å²) in [5, 5.41) is 0. The van der Waals surface area contributed by atoms with Crippen molar-refractivity contribution in [2.75, 3.05) is 0 Å². The third-order valence-electron chi connectivity index (χ3n) is 8.26. The van der Waals surface area contributed by atoms with Gasteiger partial charge in [0.25, 0.3) is 0 Å². The molecule has 0 aliphatic heterocycles. The molecule has 0 bridgehead atoms. The number of carbonyl (C=O) groups is 1. The maximum atomic E-state index is 11.8. The van der Waals surface area contributed by atoms with Gasteiger partial charge in [-0.1, -0.05) is 25.5 Å². The molecule has 0 aromatic rings. The molecule has 2 N–H and O–H groups in total. The lowest BCUT2D eigenvalue weighted by Crippen LogP contribution is -2.51. The van der Waals surface area contributed by atoms with E-state index in [1.54, 1.807) is 0 Å². The van der Waals surface area contributed by atoms with Crippen LogP contribution in [-0.4, -0.2) is 11.8 Å². The van der Waals surface area contributed by atoms with Crippen molar-refractivity contribution in [3.8, 4) is 0 Å². The Morgan fingerprint density at radius 2 is 1.96 bits per heavy atom. The second kappa shape index (κ2) is 5.05. The predicted octanol–water partition coefficient (Wildman–Crippen LogP) is 4.26. The van der Waals surface area contributed by atoms with E-state index in [0.29, 0.717) is 17.4 Å². The van der Waals surface area contributed by atoms with E-state index in [1.807, 2.05) is 12.2 Å². The first-order valence-electron chi connectivity index (χ1n) is 9.56. The van der Waals surface area contributed by atoms with Crippen LogP contribution in [-0.2, 0) is 4.79 Å². The van der Waals surface area contributed by atoms with Crippen molar-refractivity contribution in [3.05, 3.63) is 23.8 Å². The molecule has 0 radical (unpaired) electrons. The summed E-state index contributed by atoms with van der Waals surface area (Å²) in [5.41, 5.74) is 8.32. The highest BCUT2D eigenvalue weighted by molar-refractivity contribution is 6.01. The summed E-state index contributed by atoms with van der Waals surface area (Å²) in [6, 6.07) is 0.323. The number of ketones is 1. The topological polar surface area (TPSA) is 43.1 Å². The molecule has 4 aliphatic carbocycles. The average molecular weight is 313 g/mol. The first kappa shape index (κ1) is 15.6. The van der Waals surface area contributed by atoms with E-state index in [9.17, 15) is 4.79 Å². The Balaban J connectivity index is 1.67. The third-order valence-corrected chi connectivity index (χ3v) is 8.26. The van der Waals surface area contributed by atoms with Crippen LogP contribution in [0.2, 0.25) is 0 Å². The Morgan fingerprint density at radius 1 is 1.17 bits per heavy atom.